The summed E-state index contributed by atoms with van der Waals surface area (Å²) in [6.45, 7) is 1.77. The standard InChI is InChI=1S/C19H14F3N5O3S/c1-10-4-3-5-15(25-10)30-12-7-14(31(28)29)16(23-9-12)18-26-13-6-11(19(20,21)22)8-24-17(13)27(18)2/h3-9H,1-2H3,(H,28,29)/p-1. The lowest BCUT2D eigenvalue weighted by Gasteiger charge is -2.13. The first-order valence-corrected chi connectivity index (χ1v) is 9.82. The predicted molar refractivity (Wildman–Crippen MR) is 103 cm³/mol. The maximum Gasteiger partial charge on any atom is 0.417 e. The number of aromatic nitrogens is 5. The molecule has 4 aromatic rings. The Labute approximate surface area is 176 Å². The number of pyridine rings is 3. The highest BCUT2D eigenvalue weighted by Gasteiger charge is 2.32. The average Bonchev–Trinajstić information content (AvgIpc) is 3.03. The number of alkyl halides is 3. The molecule has 8 nitrogen and oxygen atoms in total. The van der Waals surface area contributed by atoms with Crippen LogP contribution in [-0.2, 0) is 24.3 Å². The molecule has 1 unspecified atom stereocenters. The van der Waals surface area contributed by atoms with Crippen molar-refractivity contribution in [3.63, 3.8) is 0 Å². The number of hydrogen-bond donors (Lipinski definition) is 0. The van der Waals surface area contributed by atoms with E-state index in [2.05, 4.69) is 19.9 Å². The number of fused-ring (bicyclic) bond motifs is 1. The summed E-state index contributed by atoms with van der Waals surface area (Å²) in [5.41, 5.74) is -0.190. The molecule has 0 amide bonds. The Balaban J connectivity index is 1.79. The first-order chi connectivity index (χ1) is 14.6. The van der Waals surface area contributed by atoms with Crippen LogP contribution in [0.15, 0.2) is 47.6 Å². The fourth-order valence-electron chi connectivity index (χ4n) is 2.92. The van der Waals surface area contributed by atoms with Crippen molar-refractivity contribution in [1.29, 1.82) is 0 Å². The van der Waals surface area contributed by atoms with E-state index < -0.39 is 22.8 Å². The number of ether oxygens (including phenoxy) is 1. The average molecular weight is 448 g/mol. The Hall–Kier alpha value is -3.38. The van der Waals surface area contributed by atoms with Crippen LogP contribution in [0.5, 0.6) is 11.6 Å². The third-order valence-corrected chi connectivity index (χ3v) is 5.01. The van der Waals surface area contributed by atoms with Gasteiger partial charge >= 0.3 is 6.18 Å². The summed E-state index contributed by atoms with van der Waals surface area (Å²) in [6.07, 6.45) is -2.61. The Morgan fingerprint density at radius 2 is 1.90 bits per heavy atom. The molecule has 12 heteroatoms. The van der Waals surface area contributed by atoms with Crippen LogP contribution < -0.4 is 4.74 Å². The largest absolute Gasteiger partial charge is 0.768 e. The lowest BCUT2D eigenvalue weighted by Crippen LogP contribution is -2.05. The van der Waals surface area contributed by atoms with E-state index in [1.165, 1.54) is 23.9 Å². The van der Waals surface area contributed by atoms with Gasteiger partial charge in [0.15, 0.2) is 11.5 Å². The molecule has 0 bridgehead atoms. The topological polar surface area (TPSA) is 106 Å². The van der Waals surface area contributed by atoms with E-state index in [0.717, 1.165) is 6.07 Å². The van der Waals surface area contributed by atoms with Crippen molar-refractivity contribution in [3.8, 4) is 23.1 Å². The first kappa shape index (κ1) is 20.9. The molecule has 160 valence electrons. The summed E-state index contributed by atoms with van der Waals surface area (Å²) in [7, 11) is 1.51. The molecule has 0 spiro atoms. The molecule has 0 saturated carbocycles. The highest BCUT2D eigenvalue weighted by atomic mass is 32.2. The molecule has 0 aliphatic heterocycles. The van der Waals surface area contributed by atoms with Gasteiger partial charge in [-0.3, -0.25) is 4.21 Å². The van der Waals surface area contributed by atoms with Crippen LogP contribution in [0.25, 0.3) is 22.7 Å². The van der Waals surface area contributed by atoms with Gasteiger partial charge < -0.3 is 13.9 Å². The third kappa shape index (κ3) is 4.11. The van der Waals surface area contributed by atoms with Gasteiger partial charge in [0.25, 0.3) is 0 Å². The second kappa shape index (κ2) is 7.71. The van der Waals surface area contributed by atoms with Gasteiger partial charge in [-0.1, -0.05) is 6.07 Å². The molecular formula is C19H13F3N5O3S-. The van der Waals surface area contributed by atoms with Crippen molar-refractivity contribution in [1.82, 2.24) is 24.5 Å². The van der Waals surface area contributed by atoms with E-state index in [-0.39, 0.29) is 39.2 Å². The number of hydrogen-bond acceptors (Lipinski definition) is 7. The Kier molecular flexibility index (Phi) is 5.19. The molecule has 0 N–H and O–H groups in total. The summed E-state index contributed by atoms with van der Waals surface area (Å²) >= 11 is -2.73. The van der Waals surface area contributed by atoms with Crippen molar-refractivity contribution in [2.45, 2.75) is 18.0 Å². The summed E-state index contributed by atoms with van der Waals surface area (Å²) in [6, 6.07) is 7.19. The van der Waals surface area contributed by atoms with E-state index in [1.807, 2.05) is 0 Å². The van der Waals surface area contributed by atoms with Gasteiger partial charge in [-0.2, -0.15) is 13.2 Å². The smallest absolute Gasteiger partial charge is 0.417 e. The van der Waals surface area contributed by atoms with E-state index in [0.29, 0.717) is 11.9 Å². The van der Waals surface area contributed by atoms with Gasteiger partial charge in [-0.05, 0) is 36.2 Å². The van der Waals surface area contributed by atoms with Gasteiger partial charge in [0.2, 0.25) is 5.88 Å². The normalized spacial score (nSPS) is 12.8. The second-order valence-corrected chi connectivity index (χ2v) is 7.44. The number of imidazole rings is 1. The summed E-state index contributed by atoms with van der Waals surface area (Å²) in [5, 5.41) is 0. The zero-order valence-corrected chi connectivity index (χ0v) is 16.9. The highest BCUT2D eigenvalue weighted by Crippen LogP contribution is 2.33. The zero-order chi connectivity index (χ0) is 22.3. The fraction of sp³-hybridized carbons (Fsp3) is 0.158. The number of halogens is 3. The molecule has 4 rings (SSSR count). The Bertz CT molecular complexity index is 1320. The van der Waals surface area contributed by atoms with Crippen LogP contribution in [0.4, 0.5) is 13.2 Å². The van der Waals surface area contributed by atoms with Crippen LogP contribution in [0, 0.1) is 6.92 Å². The lowest BCUT2D eigenvalue weighted by molar-refractivity contribution is -0.137. The Morgan fingerprint density at radius 1 is 1.13 bits per heavy atom. The molecule has 0 aromatic carbocycles. The molecule has 0 aliphatic rings. The first-order valence-electron chi connectivity index (χ1n) is 8.74. The molecule has 0 saturated heterocycles. The van der Waals surface area contributed by atoms with E-state index in [4.69, 9.17) is 4.74 Å². The summed E-state index contributed by atoms with van der Waals surface area (Å²) in [4.78, 5) is 16.0. The molecule has 0 aliphatic carbocycles. The zero-order valence-electron chi connectivity index (χ0n) is 16.0. The van der Waals surface area contributed by atoms with Crippen molar-refractivity contribution in [2.75, 3.05) is 0 Å². The number of rotatable bonds is 4. The monoisotopic (exact) mass is 448 g/mol. The quantitative estimate of drug-likeness (QED) is 0.438. The highest BCUT2D eigenvalue weighted by molar-refractivity contribution is 7.79. The fourth-order valence-corrected chi connectivity index (χ4v) is 3.43. The van der Waals surface area contributed by atoms with Crippen LogP contribution in [0.1, 0.15) is 11.3 Å². The summed E-state index contributed by atoms with van der Waals surface area (Å²) in [5.74, 6) is 0.419. The van der Waals surface area contributed by atoms with Crippen molar-refractivity contribution < 1.29 is 26.7 Å². The van der Waals surface area contributed by atoms with Gasteiger partial charge in [-0.15, -0.1) is 0 Å². The molecule has 31 heavy (non-hydrogen) atoms. The molecular weight excluding hydrogens is 435 g/mol. The van der Waals surface area contributed by atoms with Crippen LogP contribution in [0.3, 0.4) is 0 Å². The lowest BCUT2D eigenvalue weighted by atomic mass is 10.2. The van der Waals surface area contributed by atoms with Gasteiger partial charge in [0.05, 0.1) is 16.7 Å². The predicted octanol–water partition coefficient (Wildman–Crippen LogP) is 3.78. The van der Waals surface area contributed by atoms with Crippen molar-refractivity contribution >= 4 is 22.2 Å². The van der Waals surface area contributed by atoms with Crippen LogP contribution >= 0.6 is 0 Å². The minimum Gasteiger partial charge on any atom is -0.768 e. The molecule has 1 atom stereocenters. The van der Waals surface area contributed by atoms with Gasteiger partial charge in [0, 0.05) is 25.0 Å². The van der Waals surface area contributed by atoms with Crippen molar-refractivity contribution in [3.05, 3.63) is 54.0 Å². The van der Waals surface area contributed by atoms with E-state index in [9.17, 15) is 21.9 Å². The van der Waals surface area contributed by atoms with Gasteiger partial charge in [0.1, 0.15) is 17.0 Å². The van der Waals surface area contributed by atoms with E-state index >= 15 is 0 Å². The van der Waals surface area contributed by atoms with E-state index in [1.54, 1.807) is 25.1 Å². The van der Waals surface area contributed by atoms with Crippen LogP contribution in [-0.4, -0.2) is 33.3 Å². The Morgan fingerprint density at radius 3 is 2.58 bits per heavy atom. The number of aryl methyl sites for hydroxylation is 2. The molecule has 4 aromatic heterocycles. The summed E-state index contributed by atoms with van der Waals surface area (Å²) < 4.78 is 69.6. The number of nitrogens with zero attached hydrogens (tertiary/aromatic N) is 5. The maximum absolute atomic E-state index is 13.0. The van der Waals surface area contributed by atoms with Crippen LogP contribution in [0.2, 0.25) is 0 Å². The molecule has 0 fully saturated rings. The minimum atomic E-state index is -4.58. The van der Waals surface area contributed by atoms with Gasteiger partial charge in [-0.25, -0.2) is 19.9 Å². The molecule has 4 heterocycles. The SMILES string of the molecule is Cc1cccc(Oc2cnc(-c3nc4cc(C(F)(F)F)cnc4n3C)c(S(=O)[O-])c2)n1. The second-order valence-electron chi connectivity index (χ2n) is 6.53. The van der Waals surface area contributed by atoms with Crippen molar-refractivity contribution in [2.24, 2.45) is 7.05 Å². The molecule has 0 radical (unpaired) electrons. The maximum atomic E-state index is 13.0. The third-order valence-electron chi connectivity index (χ3n) is 4.34. The minimum absolute atomic E-state index is 0.0407.